The summed E-state index contributed by atoms with van der Waals surface area (Å²) in [5.41, 5.74) is 0.299. The van der Waals surface area contributed by atoms with E-state index in [0.29, 0.717) is 12.2 Å². The third-order valence-electron chi connectivity index (χ3n) is 6.80. The smallest absolute Gasteiger partial charge is 0.259 e. The molecule has 4 saturated heterocycles. The van der Waals surface area contributed by atoms with Crippen LogP contribution in [0.5, 0.6) is 0 Å². The van der Waals surface area contributed by atoms with Gasteiger partial charge >= 0.3 is 0 Å². The minimum Gasteiger partial charge on any atom is -0.370 e. The van der Waals surface area contributed by atoms with Gasteiger partial charge in [0.1, 0.15) is 33.3 Å². The van der Waals surface area contributed by atoms with E-state index in [2.05, 4.69) is 18.5 Å². The van der Waals surface area contributed by atoms with Crippen molar-refractivity contribution < 1.29 is 32.2 Å². The van der Waals surface area contributed by atoms with Crippen LogP contribution in [0.3, 0.4) is 0 Å². The monoisotopic (exact) mass is 605 g/mol. The Morgan fingerprint density at radius 3 is 2.91 bits per heavy atom. The summed E-state index contributed by atoms with van der Waals surface area (Å²) < 4.78 is 62.0. The lowest BCUT2D eigenvalue weighted by Crippen LogP contribution is -2.49. The van der Waals surface area contributed by atoms with Crippen LogP contribution in [-0.2, 0) is 32.2 Å². The molecule has 9 atom stereocenters. The van der Waals surface area contributed by atoms with Crippen molar-refractivity contribution >= 4 is 45.8 Å². The molecule has 5 unspecified atom stereocenters. The fraction of sp³-hybridized carbons (Fsp3) is 1.00. The van der Waals surface area contributed by atoms with E-state index in [9.17, 15) is 0 Å². The number of halogens is 1. The first-order chi connectivity index (χ1) is 16.2. The number of ether oxygens (including phenoxy) is 4. The number of thiol groups is 1. The van der Waals surface area contributed by atoms with Crippen LogP contribution in [0.15, 0.2) is 0 Å². The Hall–Kier alpha value is 1.25. The fourth-order valence-electron chi connectivity index (χ4n) is 5.21. The van der Waals surface area contributed by atoms with E-state index in [4.69, 9.17) is 34.6 Å². The van der Waals surface area contributed by atoms with Crippen molar-refractivity contribution in [3.63, 3.8) is 0 Å². The molecule has 4 heterocycles. The molecule has 5 fully saturated rings. The summed E-state index contributed by atoms with van der Waals surface area (Å²) in [6.07, 6.45) is 3.46. The Labute approximate surface area is 211 Å². The maximum Gasteiger partial charge on any atom is 0.259 e. The number of fused-ring (bicyclic) bond motifs is 3. The van der Waals surface area contributed by atoms with E-state index in [1.807, 2.05) is 28.1 Å². The molecule has 0 aromatic carbocycles. The van der Waals surface area contributed by atoms with Crippen molar-refractivity contribution in [1.29, 1.82) is 2.46 Å². The van der Waals surface area contributed by atoms with Crippen LogP contribution >= 0.6 is 38.0 Å². The maximum atomic E-state index is 8.30. The minimum absolute atomic E-state index is 0.0405. The summed E-state index contributed by atoms with van der Waals surface area (Å²) in [7, 11) is -2.21. The quantitative estimate of drug-likeness (QED) is 0.196. The van der Waals surface area contributed by atoms with Crippen molar-refractivity contribution in [2.45, 2.75) is 108 Å². The van der Waals surface area contributed by atoms with Crippen LogP contribution in [0.4, 0.5) is 0 Å². The topological polar surface area (TPSA) is 67.9 Å². The van der Waals surface area contributed by atoms with Crippen LogP contribution < -0.4 is 0 Å². The molecule has 12 heteroatoms. The fourth-order valence-corrected chi connectivity index (χ4v) is 7.91. The Kier molecular flexibility index (Phi) is 7.24. The Morgan fingerprint density at radius 2 is 2.16 bits per heavy atom. The van der Waals surface area contributed by atoms with Gasteiger partial charge in [0.25, 0.3) is 8.53 Å². The van der Waals surface area contributed by atoms with E-state index in [0.717, 1.165) is 32.1 Å². The molecule has 183 valence electrons. The molecule has 0 amide bonds. The van der Waals surface area contributed by atoms with Crippen molar-refractivity contribution in [3.05, 3.63) is 0 Å². The Morgan fingerprint density at radius 1 is 1.34 bits per heavy atom. The summed E-state index contributed by atoms with van der Waals surface area (Å²) in [5, 5.41) is 0. The molecule has 4 aliphatic heterocycles. The number of rotatable bonds is 8. The van der Waals surface area contributed by atoms with Crippen molar-refractivity contribution in [2.75, 3.05) is 18.8 Å². The zero-order chi connectivity index (χ0) is 24.1. The van der Waals surface area contributed by atoms with Crippen molar-refractivity contribution in [1.82, 2.24) is 4.67 Å². The van der Waals surface area contributed by atoms with E-state index >= 15 is 0 Å². The number of nitrogens with zero attached hydrogens (tertiary/aromatic N) is 1. The molecular formula is C20H35BINO7PS. The molecule has 5 rings (SSSR count). The van der Waals surface area contributed by atoms with E-state index < -0.39 is 22.6 Å². The predicted molar refractivity (Wildman–Crippen MR) is 134 cm³/mol. The zero-order valence-electron chi connectivity index (χ0n) is 20.9. The molecule has 5 aliphatic rings. The Bertz CT molecular complexity index is 730. The lowest BCUT2D eigenvalue weighted by atomic mass is 10.1. The van der Waals surface area contributed by atoms with E-state index in [1.165, 1.54) is 7.81 Å². The van der Waals surface area contributed by atoms with Crippen LogP contribution in [0, 0.1) is 0 Å². The second kappa shape index (κ2) is 10.3. The highest BCUT2D eigenvalue weighted by Crippen LogP contribution is 2.57. The third-order valence-corrected chi connectivity index (χ3v) is 11.2. The van der Waals surface area contributed by atoms with Gasteiger partial charge in [-0.3, -0.25) is 0 Å². The standard InChI is InChI=1S/C20H35BINO7PS/c1-12(2)23-9-15-17(18-19(26-15)28-20(27-18)6-4-5-7-20)30-31(23)29-14-8-13(3)25-16(14)10-24-32(22)11-21/h12-19,21,32H,4-11H2,1-3H3/t13?,14?,15-,16?,17+,18-,19-,31?/m0/s1/i21T,32D. The van der Waals surface area contributed by atoms with Gasteiger partial charge in [-0.25, -0.2) is 4.67 Å². The van der Waals surface area contributed by atoms with Crippen LogP contribution in [0.25, 0.3) is 0 Å². The minimum atomic E-state index is -2.09. The molecule has 0 aromatic heterocycles. The maximum absolute atomic E-state index is 8.30. The molecular weight excluding hydrogens is 567 g/mol. The average molecular weight is 605 g/mol. The van der Waals surface area contributed by atoms with Crippen molar-refractivity contribution in [2.24, 2.45) is 0 Å². The summed E-state index contributed by atoms with van der Waals surface area (Å²) in [5.74, 6) is -0.499. The molecule has 1 aliphatic carbocycles. The van der Waals surface area contributed by atoms with Crippen LogP contribution in [-0.4, -0.2) is 88.5 Å². The van der Waals surface area contributed by atoms with Gasteiger partial charge in [0.05, 0.1) is 18.8 Å². The van der Waals surface area contributed by atoms with Gasteiger partial charge in [-0.15, -0.1) is 8.25 Å². The first-order valence-electron chi connectivity index (χ1n) is 12.6. The average Bonchev–Trinajstić information content (AvgIpc) is 3.51. The first-order valence-corrected chi connectivity index (χ1v) is 16.6. The highest BCUT2D eigenvalue weighted by Gasteiger charge is 2.61. The predicted octanol–water partition coefficient (Wildman–Crippen LogP) is 3.44. The molecule has 1 radical (unpaired) electrons. The Balaban J connectivity index is 1.25. The van der Waals surface area contributed by atoms with Gasteiger partial charge in [0, 0.05) is 31.8 Å². The summed E-state index contributed by atoms with van der Waals surface area (Å²) >= 11 is 2.00. The van der Waals surface area contributed by atoms with Gasteiger partial charge in [0.2, 0.25) is 0 Å². The second-order valence-corrected chi connectivity index (χ2v) is 15.0. The number of hydrogen-bond donors (Lipinski definition) is 1. The van der Waals surface area contributed by atoms with Gasteiger partial charge in [-0.05, 0) is 61.8 Å². The zero-order valence-corrected chi connectivity index (χ0v) is 22.8. The summed E-state index contributed by atoms with van der Waals surface area (Å²) in [6.45, 7) is 7.29. The lowest BCUT2D eigenvalue weighted by molar-refractivity contribution is -0.231. The molecule has 0 aromatic rings. The normalized spacial score (nSPS) is 47.2. The molecule has 32 heavy (non-hydrogen) atoms. The summed E-state index contributed by atoms with van der Waals surface area (Å²) in [4.78, 5) is 0. The highest BCUT2D eigenvalue weighted by atomic mass is 127. The van der Waals surface area contributed by atoms with E-state index in [1.54, 1.807) is 0 Å². The molecule has 1 saturated carbocycles. The first kappa shape index (κ1) is 22.5. The van der Waals surface area contributed by atoms with Crippen LogP contribution in [0.2, 0.25) is 0 Å². The van der Waals surface area contributed by atoms with Gasteiger partial charge in [-0.2, -0.15) is 0 Å². The molecule has 1 spiro atoms. The van der Waals surface area contributed by atoms with E-state index in [-0.39, 0.29) is 55.6 Å². The van der Waals surface area contributed by atoms with Gasteiger partial charge < -0.3 is 32.2 Å². The third kappa shape index (κ3) is 5.05. The van der Waals surface area contributed by atoms with Crippen LogP contribution in [0.1, 0.15) is 52.9 Å². The SMILES string of the molecule is [2H]S(I)(C[B][3H])OCC1OC(C)CC1OP1O[C@H]2[C@@H]3OC4(CCCC4)O[C@@H]3O[C@H]2CN1C(C)C. The largest absolute Gasteiger partial charge is 0.370 e. The molecule has 0 N–H and O–H groups in total. The highest BCUT2D eigenvalue weighted by molar-refractivity contribution is 14.2. The van der Waals surface area contributed by atoms with Gasteiger partial charge in [-0.1, -0.05) is 0 Å². The second-order valence-electron chi connectivity index (χ2n) is 9.49. The van der Waals surface area contributed by atoms with Gasteiger partial charge in [0.15, 0.2) is 12.1 Å². The molecule has 0 bridgehead atoms. The number of hydrogen-bond acceptors (Lipinski definition) is 8. The lowest BCUT2D eigenvalue weighted by Gasteiger charge is -2.43. The van der Waals surface area contributed by atoms with Crippen molar-refractivity contribution in [3.8, 4) is 0 Å². The summed E-state index contributed by atoms with van der Waals surface area (Å²) in [6, 6.07) is 0.223. The molecule has 8 nitrogen and oxygen atoms in total.